The third kappa shape index (κ3) is 2.65. The number of piperazine rings is 1. The molecule has 0 amide bonds. The van der Waals surface area contributed by atoms with Gasteiger partial charge in [-0.1, -0.05) is 6.07 Å². The third-order valence-electron chi connectivity index (χ3n) is 3.32. The molecule has 1 aromatic carbocycles. The normalized spacial score (nSPS) is 17.6. The first kappa shape index (κ1) is 11.1. The fourth-order valence-electron chi connectivity index (χ4n) is 2.28. The van der Waals surface area contributed by atoms with Gasteiger partial charge in [0.25, 0.3) is 0 Å². The number of benzene rings is 1. The van der Waals surface area contributed by atoms with Crippen LogP contribution in [0.25, 0.3) is 10.2 Å². The quantitative estimate of drug-likeness (QED) is 0.895. The molecule has 4 heteroatoms. The number of aromatic nitrogens is 1. The van der Waals surface area contributed by atoms with Crippen molar-refractivity contribution < 1.29 is 0 Å². The van der Waals surface area contributed by atoms with Gasteiger partial charge in [-0.3, -0.25) is 0 Å². The fourth-order valence-corrected chi connectivity index (χ4v) is 3.02. The molecule has 0 bridgehead atoms. The average molecular weight is 247 g/mol. The van der Waals surface area contributed by atoms with Gasteiger partial charge >= 0.3 is 0 Å². The molecule has 1 aliphatic heterocycles. The molecule has 3 nitrogen and oxygen atoms in total. The highest BCUT2D eigenvalue weighted by molar-refractivity contribution is 7.16. The van der Waals surface area contributed by atoms with Crippen LogP contribution in [0.1, 0.15) is 5.56 Å². The van der Waals surface area contributed by atoms with Crippen LogP contribution in [0.5, 0.6) is 0 Å². The maximum Gasteiger partial charge on any atom is 0.0812 e. The van der Waals surface area contributed by atoms with Crippen molar-refractivity contribution in [3.05, 3.63) is 29.3 Å². The monoisotopic (exact) mass is 247 g/mol. The highest BCUT2D eigenvalue weighted by atomic mass is 32.1. The Bertz CT molecular complexity index is 488. The molecule has 1 aliphatic rings. The lowest BCUT2D eigenvalue weighted by Crippen LogP contribution is -2.44. The Balaban J connectivity index is 1.63. The van der Waals surface area contributed by atoms with E-state index >= 15 is 0 Å². The fraction of sp³-hybridized carbons (Fsp3) is 0.462. The van der Waals surface area contributed by atoms with E-state index in [2.05, 4.69) is 33.4 Å². The number of hydrogen-bond acceptors (Lipinski definition) is 4. The summed E-state index contributed by atoms with van der Waals surface area (Å²) in [5.41, 5.74) is 4.48. The van der Waals surface area contributed by atoms with Crippen LogP contribution < -0.4 is 5.32 Å². The number of hydrogen-bond donors (Lipinski definition) is 1. The van der Waals surface area contributed by atoms with E-state index < -0.39 is 0 Å². The van der Waals surface area contributed by atoms with E-state index in [0.717, 1.165) is 25.0 Å². The summed E-state index contributed by atoms with van der Waals surface area (Å²) in [5.74, 6) is 0. The zero-order chi connectivity index (χ0) is 11.5. The zero-order valence-electron chi connectivity index (χ0n) is 9.85. The van der Waals surface area contributed by atoms with Gasteiger partial charge in [0.1, 0.15) is 0 Å². The SMILES string of the molecule is c1nc2ccc(CCN3CCNCC3)cc2s1. The van der Waals surface area contributed by atoms with Gasteiger partial charge < -0.3 is 10.2 Å². The topological polar surface area (TPSA) is 28.2 Å². The van der Waals surface area contributed by atoms with Crippen molar-refractivity contribution in [2.45, 2.75) is 6.42 Å². The Morgan fingerprint density at radius 2 is 2.18 bits per heavy atom. The van der Waals surface area contributed by atoms with Crippen molar-refractivity contribution in [2.24, 2.45) is 0 Å². The molecule has 2 heterocycles. The molecular formula is C13H17N3S. The van der Waals surface area contributed by atoms with Gasteiger partial charge in [-0.2, -0.15) is 0 Å². The van der Waals surface area contributed by atoms with Gasteiger partial charge in [0.2, 0.25) is 0 Å². The Morgan fingerprint density at radius 3 is 3.06 bits per heavy atom. The van der Waals surface area contributed by atoms with Gasteiger partial charge in [0.05, 0.1) is 15.7 Å². The molecule has 3 rings (SSSR count). The van der Waals surface area contributed by atoms with Gasteiger partial charge in [0, 0.05) is 32.7 Å². The number of thiazole rings is 1. The maximum atomic E-state index is 4.31. The Kier molecular flexibility index (Phi) is 3.36. The first-order valence-corrected chi connectivity index (χ1v) is 7.05. The summed E-state index contributed by atoms with van der Waals surface area (Å²) in [6, 6.07) is 6.64. The van der Waals surface area contributed by atoms with E-state index in [1.165, 1.54) is 29.9 Å². The second-order valence-corrected chi connectivity index (χ2v) is 5.38. The molecule has 17 heavy (non-hydrogen) atoms. The second-order valence-electron chi connectivity index (χ2n) is 4.50. The summed E-state index contributed by atoms with van der Waals surface area (Å²) < 4.78 is 1.31. The van der Waals surface area contributed by atoms with Crippen LogP contribution >= 0.6 is 11.3 Å². The second kappa shape index (κ2) is 5.12. The molecule has 1 aromatic heterocycles. The van der Waals surface area contributed by atoms with E-state index in [4.69, 9.17) is 0 Å². The van der Waals surface area contributed by atoms with Crippen LogP contribution in [0.2, 0.25) is 0 Å². The lowest BCUT2D eigenvalue weighted by atomic mass is 10.1. The van der Waals surface area contributed by atoms with Crippen molar-refractivity contribution in [1.82, 2.24) is 15.2 Å². The molecule has 0 atom stereocenters. The number of nitrogens with one attached hydrogen (secondary N) is 1. The molecule has 0 saturated carbocycles. The standard InChI is InChI=1S/C13H17N3S/c1-2-12-13(17-10-15-12)9-11(1)3-6-16-7-4-14-5-8-16/h1-2,9-10,14H,3-8H2. The maximum absolute atomic E-state index is 4.31. The highest BCUT2D eigenvalue weighted by Gasteiger charge is 2.09. The minimum absolute atomic E-state index is 1.13. The largest absolute Gasteiger partial charge is 0.314 e. The Hall–Kier alpha value is -0.970. The summed E-state index contributed by atoms with van der Waals surface area (Å²) in [6.45, 7) is 5.80. The van der Waals surface area contributed by atoms with Gasteiger partial charge in [-0.25, -0.2) is 4.98 Å². The van der Waals surface area contributed by atoms with Crippen LogP contribution in [-0.2, 0) is 6.42 Å². The van der Waals surface area contributed by atoms with Crippen LogP contribution in [0.15, 0.2) is 23.7 Å². The minimum Gasteiger partial charge on any atom is -0.314 e. The third-order valence-corrected chi connectivity index (χ3v) is 4.11. The lowest BCUT2D eigenvalue weighted by molar-refractivity contribution is 0.244. The summed E-state index contributed by atoms with van der Waals surface area (Å²) >= 11 is 1.73. The molecular weight excluding hydrogens is 230 g/mol. The van der Waals surface area contributed by atoms with Crippen LogP contribution in [0.4, 0.5) is 0 Å². The van der Waals surface area contributed by atoms with Crippen molar-refractivity contribution in [3.63, 3.8) is 0 Å². The molecule has 1 N–H and O–H groups in total. The van der Waals surface area contributed by atoms with E-state index in [9.17, 15) is 0 Å². The summed E-state index contributed by atoms with van der Waals surface area (Å²) in [5, 5.41) is 3.39. The smallest absolute Gasteiger partial charge is 0.0812 e. The van der Waals surface area contributed by atoms with Gasteiger partial charge in [-0.05, 0) is 24.1 Å². The summed E-state index contributed by atoms with van der Waals surface area (Å²) in [7, 11) is 0. The molecule has 1 saturated heterocycles. The van der Waals surface area contributed by atoms with E-state index in [1.807, 2.05) is 5.51 Å². The number of nitrogens with zero attached hydrogens (tertiary/aromatic N) is 2. The Labute approximate surface area is 105 Å². The predicted molar refractivity (Wildman–Crippen MR) is 72.6 cm³/mol. The summed E-state index contributed by atoms with van der Waals surface area (Å²) in [4.78, 5) is 6.84. The molecule has 0 spiro atoms. The van der Waals surface area contributed by atoms with Crippen molar-refractivity contribution in [3.8, 4) is 0 Å². The molecule has 0 aliphatic carbocycles. The number of fused-ring (bicyclic) bond motifs is 1. The summed E-state index contributed by atoms with van der Waals surface area (Å²) in [6.07, 6.45) is 1.15. The van der Waals surface area contributed by atoms with E-state index in [0.29, 0.717) is 0 Å². The molecule has 2 aromatic rings. The first-order valence-electron chi connectivity index (χ1n) is 6.17. The van der Waals surface area contributed by atoms with Crippen LogP contribution in [0.3, 0.4) is 0 Å². The van der Waals surface area contributed by atoms with Crippen molar-refractivity contribution >= 4 is 21.6 Å². The van der Waals surface area contributed by atoms with Crippen molar-refractivity contribution in [2.75, 3.05) is 32.7 Å². The van der Waals surface area contributed by atoms with Crippen molar-refractivity contribution in [1.29, 1.82) is 0 Å². The Morgan fingerprint density at radius 1 is 1.29 bits per heavy atom. The molecule has 1 fully saturated rings. The van der Waals surface area contributed by atoms with E-state index in [1.54, 1.807) is 11.3 Å². The minimum atomic E-state index is 1.13. The molecule has 0 unspecified atom stereocenters. The zero-order valence-corrected chi connectivity index (χ0v) is 10.7. The van der Waals surface area contributed by atoms with E-state index in [-0.39, 0.29) is 0 Å². The highest BCUT2D eigenvalue weighted by Crippen LogP contribution is 2.19. The lowest BCUT2D eigenvalue weighted by Gasteiger charge is -2.27. The first-order chi connectivity index (χ1) is 8.42. The molecule has 90 valence electrons. The van der Waals surface area contributed by atoms with Gasteiger partial charge in [0.15, 0.2) is 0 Å². The van der Waals surface area contributed by atoms with Crippen LogP contribution in [-0.4, -0.2) is 42.6 Å². The average Bonchev–Trinajstić information content (AvgIpc) is 2.85. The number of rotatable bonds is 3. The predicted octanol–water partition coefficient (Wildman–Crippen LogP) is 1.74. The van der Waals surface area contributed by atoms with Gasteiger partial charge in [-0.15, -0.1) is 11.3 Å². The van der Waals surface area contributed by atoms with Crippen LogP contribution in [0, 0.1) is 0 Å². The molecule has 0 radical (unpaired) electrons.